The molecule has 0 saturated heterocycles. The molecular weight excluding hydrogens is 140 g/mol. The Balaban J connectivity index is 1.99. The van der Waals surface area contributed by atoms with Crippen LogP contribution in [0.5, 0.6) is 0 Å². The summed E-state index contributed by atoms with van der Waals surface area (Å²) in [6.07, 6.45) is 5.06. The van der Waals surface area contributed by atoms with Crippen molar-refractivity contribution in [1.29, 1.82) is 0 Å². The standard InChI is InChI=1S/C8H16N2O/c1-6(10-8(9)11)2-3-7-4-5-7/h6-7H,2-5H2,1H3,(H3,9,10,11). The Morgan fingerprint density at radius 1 is 1.73 bits per heavy atom. The summed E-state index contributed by atoms with van der Waals surface area (Å²) >= 11 is 0. The molecule has 0 radical (unpaired) electrons. The fourth-order valence-corrected chi connectivity index (χ4v) is 1.21. The first kappa shape index (κ1) is 8.37. The number of nitrogens with one attached hydrogen (secondary N) is 1. The molecule has 0 bridgehead atoms. The van der Waals surface area contributed by atoms with Gasteiger partial charge in [0.25, 0.3) is 0 Å². The molecule has 1 aliphatic rings. The number of nitrogens with two attached hydrogens (primary N) is 1. The van der Waals surface area contributed by atoms with E-state index in [-0.39, 0.29) is 6.04 Å². The highest BCUT2D eigenvalue weighted by atomic mass is 16.2. The summed E-state index contributed by atoms with van der Waals surface area (Å²) in [5.41, 5.74) is 4.97. The van der Waals surface area contributed by atoms with Gasteiger partial charge in [-0.25, -0.2) is 4.79 Å². The number of hydrogen-bond donors (Lipinski definition) is 2. The molecule has 1 aliphatic carbocycles. The van der Waals surface area contributed by atoms with Crippen LogP contribution in [0.15, 0.2) is 0 Å². The lowest BCUT2D eigenvalue weighted by atomic mass is 10.1. The van der Waals surface area contributed by atoms with E-state index in [0.29, 0.717) is 0 Å². The van der Waals surface area contributed by atoms with Gasteiger partial charge in [0, 0.05) is 6.04 Å². The van der Waals surface area contributed by atoms with Gasteiger partial charge < -0.3 is 11.1 Å². The second-order valence-corrected chi connectivity index (χ2v) is 3.43. The van der Waals surface area contributed by atoms with E-state index < -0.39 is 6.03 Å². The Morgan fingerprint density at radius 3 is 2.82 bits per heavy atom. The van der Waals surface area contributed by atoms with Crippen LogP contribution in [0.25, 0.3) is 0 Å². The summed E-state index contributed by atoms with van der Waals surface area (Å²) in [7, 11) is 0. The largest absolute Gasteiger partial charge is 0.352 e. The third-order valence-electron chi connectivity index (χ3n) is 2.09. The van der Waals surface area contributed by atoms with E-state index in [1.165, 1.54) is 19.3 Å². The van der Waals surface area contributed by atoms with Crippen molar-refractivity contribution in [2.24, 2.45) is 11.7 Å². The first-order valence-electron chi connectivity index (χ1n) is 4.24. The molecule has 0 spiro atoms. The first-order valence-corrected chi connectivity index (χ1v) is 4.24. The minimum absolute atomic E-state index is 0.244. The van der Waals surface area contributed by atoms with Gasteiger partial charge in [0.1, 0.15) is 0 Å². The van der Waals surface area contributed by atoms with Crippen LogP contribution in [-0.2, 0) is 0 Å². The van der Waals surface area contributed by atoms with Gasteiger partial charge in [-0.1, -0.05) is 12.8 Å². The molecule has 3 N–H and O–H groups in total. The number of urea groups is 1. The van der Waals surface area contributed by atoms with Gasteiger partial charge in [0.15, 0.2) is 0 Å². The van der Waals surface area contributed by atoms with Gasteiger partial charge >= 0.3 is 6.03 Å². The normalized spacial score (nSPS) is 19.4. The van der Waals surface area contributed by atoms with E-state index in [1.807, 2.05) is 6.92 Å². The molecule has 3 heteroatoms. The van der Waals surface area contributed by atoms with Crippen molar-refractivity contribution < 1.29 is 4.79 Å². The van der Waals surface area contributed by atoms with Gasteiger partial charge in [-0.15, -0.1) is 0 Å². The van der Waals surface area contributed by atoms with Crippen molar-refractivity contribution in [3.63, 3.8) is 0 Å². The first-order chi connectivity index (χ1) is 5.18. The fraction of sp³-hybridized carbons (Fsp3) is 0.875. The quantitative estimate of drug-likeness (QED) is 0.632. The van der Waals surface area contributed by atoms with E-state index in [2.05, 4.69) is 5.32 Å². The van der Waals surface area contributed by atoms with Crippen molar-refractivity contribution in [2.45, 2.75) is 38.6 Å². The maximum absolute atomic E-state index is 10.4. The lowest BCUT2D eigenvalue weighted by molar-refractivity contribution is 0.245. The van der Waals surface area contributed by atoms with E-state index >= 15 is 0 Å². The Bertz CT molecular complexity index is 143. The van der Waals surface area contributed by atoms with Crippen molar-refractivity contribution in [1.82, 2.24) is 5.32 Å². The summed E-state index contributed by atoms with van der Waals surface area (Å²) < 4.78 is 0. The number of primary amides is 1. The molecule has 3 nitrogen and oxygen atoms in total. The second-order valence-electron chi connectivity index (χ2n) is 3.43. The predicted octanol–water partition coefficient (Wildman–Crippen LogP) is 1.23. The SMILES string of the molecule is CC(CCC1CC1)NC(N)=O. The number of amides is 2. The number of carbonyl (C=O) groups excluding carboxylic acids is 1. The lowest BCUT2D eigenvalue weighted by Gasteiger charge is -2.10. The van der Waals surface area contributed by atoms with Gasteiger partial charge in [-0.2, -0.15) is 0 Å². The van der Waals surface area contributed by atoms with Crippen molar-refractivity contribution in [3.8, 4) is 0 Å². The van der Waals surface area contributed by atoms with Crippen LogP contribution in [0.4, 0.5) is 4.79 Å². The average molecular weight is 156 g/mol. The zero-order chi connectivity index (χ0) is 8.27. The van der Waals surface area contributed by atoms with E-state index in [4.69, 9.17) is 5.73 Å². The third kappa shape index (κ3) is 3.86. The van der Waals surface area contributed by atoms with E-state index in [9.17, 15) is 4.79 Å². The second kappa shape index (κ2) is 3.60. The summed E-state index contributed by atoms with van der Waals surface area (Å²) in [5.74, 6) is 0.937. The highest BCUT2D eigenvalue weighted by Crippen LogP contribution is 2.33. The molecular formula is C8H16N2O. The molecule has 11 heavy (non-hydrogen) atoms. The molecule has 0 heterocycles. The zero-order valence-electron chi connectivity index (χ0n) is 6.97. The molecule has 1 fully saturated rings. The molecule has 0 aromatic rings. The summed E-state index contributed by atoms with van der Waals surface area (Å²) in [6, 6.07) is -0.165. The molecule has 2 amide bonds. The van der Waals surface area contributed by atoms with Crippen LogP contribution in [0.1, 0.15) is 32.6 Å². The van der Waals surface area contributed by atoms with Gasteiger partial charge in [0.2, 0.25) is 0 Å². The smallest absolute Gasteiger partial charge is 0.312 e. The number of carbonyl (C=O) groups is 1. The minimum atomic E-state index is -0.409. The summed E-state index contributed by atoms with van der Waals surface area (Å²) in [6.45, 7) is 1.99. The minimum Gasteiger partial charge on any atom is -0.352 e. The fourth-order valence-electron chi connectivity index (χ4n) is 1.21. The monoisotopic (exact) mass is 156 g/mol. The zero-order valence-corrected chi connectivity index (χ0v) is 6.97. The lowest BCUT2D eigenvalue weighted by Crippen LogP contribution is -2.36. The molecule has 1 atom stereocenters. The van der Waals surface area contributed by atoms with E-state index in [1.54, 1.807) is 0 Å². The summed E-state index contributed by atoms with van der Waals surface area (Å²) in [4.78, 5) is 10.4. The number of hydrogen-bond acceptors (Lipinski definition) is 1. The van der Waals surface area contributed by atoms with Crippen molar-refractivity contribution >= 4 is 6.03 Å². The van der Waals surface area contributed by atoms with Crippen LogP contribution in [0, 0.1) is 5.92 Å². The maximum atomic E-state index is 10.4. The van der Waals surface area contributed by atoms with Gasteiger partial charge in [-0.3, -0.25) is 0 Å². The van der Waals surface area contributed by atoms with Crippen LogP contribution < -0.4 is 11.1 Å². The molecule has 0 aromatic heterocycles. The van der Waals surface area contributed by atoms with Crippen LogP contribution in [0.2, 0.25) is 0 Å². The Kier molecular flexibility index (Phi) is 2.74. The Labute approximate surface area is 67.3 Å². The highest BCUT2D eigenvalue weighted by molar-refractivity contribution is 5.71. The highest BCUT2D eigenvalue weighted by Gasteiger charge is 2.21. The Morgan fingerprint density at radius 2 is 2.36 bits per heavy atom. The molecule has 1 rings (SSSR count). The average Bonchev–Trinajstić information content (AvgIpc) is 2.63. The molecule has 64 valence electrons. The number of rotatable bonds is 4. The third-order valence-corrected chi connectivity index (χ3v) is 2.09. The van der Waals surface area contributed by atoms with Crippen LogP contribution in [-0.4, -0.2) is 12.1 Å². The molecule has 0 aromatic carbocycles. The Hall–Kier alpha value is -0.730. The van der Waals surface area contributed by atoms with E-state index in [0.717, 1.165) is 12.3 Å². The molecule has 1 saturated carbocycles. The summed E-state index contributed by atoms with van der Waals surface area (Å²) in [5, 5.41) is 2.66. The maximum Gasteiger partial charge on any atom is 0.312 e. The van der Waals surface area contributed by atoms with Crippen LogP contribution >= 0.6 is 0 Å². The van der Waals surface area contributed by atoms with Crippen molar-refractivity contribution in [2.75, 3.05) is 0 Å². The van der Waals surface area contributed by atoms with Crippen LogP contribution in [0.3, 0.4) is 0 Å². The predicted molar refractivity (Wildman–Crippen MR) is 44.1 cm³/mol. The van der Waals surface area contributed by atoms with Gasteiger partial charge in [0.05, 0.1) is 0 Å². The van der Waals surface area contributed by atoms with Gasteiger partial charge in [-0.05, 0) is 25.7 Å². The van der Waals surface area contributed by atoms with Crippen molar-refractivity contribution in [3.05, 3.63) is 0 Å². The topological polar surface area (TPSA) is 55.1 Å². The molecule has 1 unspecified atom stereocenters. The molecule has 0 aliphatic heterocycles.